The molecule has 0 aromatic rings. The molecule has 1 heterocycles. The highest BCUT2D eigenvalue weighted by molar-refractivity contribution is 7.88. The zero-order valence-corrected chi connectivity index (χ0v) is 7.69. The highest BCUT2D eigenvalue weighted by Gasteiger charge is 2.25. The van der Waals surface area contributed by atoms with E-state index in [4.69, 9.17) is 0 Å². The molecular formula is C6H14N2O2S. The van der Waals surface area contributed by atoms with Gasteiger partial charge in [-0.2, -0.15) is 4.31 Å². The molecule has 0 radical (unpaired) electrons. The van der Waals surface area contributed by atoms with Crippen molar-refractivity contribution in [2.75, 3.05) is 25.9 Å². The Morgan fingerprint density at radius 2 is 2.18 bits per heavy atom. The third-order valence-electron chi connectivity index (χ3n) is 1.87. The maximum absolute atomic E-state index is 11.1. The molecule has 0 bridgehead atoms. The lowest BCUT2D eigenvalue weighted by molar-refractivity contribution is 0.285. The maximum atomic E-state index is 11.1. The van der Waals surface area contributed by atoms with Crippen LogP contribution in [0.5, 0.6) is 0 Å². The highest BCUT2D eigenvalue weighted by atomic mass is 32.2. The Balaban J connectivity index is 2.70. The van der Waals surface area contributed by atoms with E-state index in [1.165, 1.54) is 10.6 Å². The average molecular weight is 178 g/mol. The van der Waals surface area contributed by atoms with E-state index in [2.05, 4.69) is 5.32 Å². The Bertz CT molecular complexity index is 225. The van der Waals surface area contributed by atoms with Gasteiger partial charge in [0, 0.05) is 25.7 Å². The summed E-state index contributed by atoms with van der Waals surface area (Å²) >= 11 is 0. The van der Waals surface area contributed by atoms with Crippen LogP contribution in [0.25, 0.3) is 0 Å². The summed E-state index contributed by atoms with van der Waals surface area (Å²) in [6, 6.07) is 0.0961. The summed E-state index contributed by atoms with van der Waals surface area (Å²) in [6.45, 7) is 4.03. The number of hydrogen-bond acceptors (Lipinski definition) is 3. The predicted molar refractivity (Wildman–Crippen MR) is 43.9 cm³/mol. The van der Waals surface area contributed by atoms with Crippen LogP contribution in [0, 0.1) is 0 Å². The van der Waals surface area contributed by atoms with Crippen LogP contribution < -0.4 is 5.32 Å². The molecule has 1 unspecified atom stereocenters. The SMILES string of the molecule is CC1CNCCN1S(C)(=O)=O. The fraction of sp³-hybridized carbons (Fsp3) is 1.00. The van der Waals surface area contributed by atoms with Gasteiger partial charge in [0.2, 0.25) is 10.0 Å². The van der Waals surface area contributed by atoms with Gasteiger partial charge >= 0.3 is 0 Å². The number of piperazine rings is 1. The Labute approximate surface area is 67.6 Å². The minimum atomic E-state index is -2.98. The van der Waals surface area contributed by atoms with Crippen molar-refractivity contribution in [1.82, 2.24) is 9.62 Å². The molecule has 0 aromatic carbocycles. The quantitative estimate of drug-likeness (QED) is 0.574. The molecule has 1 aliphatic heterocycles. The van der Waals surface area contributed by atoms with Crippen LogP contribution in [0.15, 0.2) is 0 Å². The minimum absolute atomic E-state index is 0.0961. The van der Waals surface area contributed by atoms with Gasteiger partial charge < -0.3 is 5.32 Å². The lowest BCUT2D eigenvalue weighted by Gasteiger charge is -2.31. The maximum Gasteiger partial charge on any atom is 0.211 e. The van der Waals surface area contributed by atoms with E-state index in [-0.39, 0.29) is 6.04 Å². The second kappa shape index (κ2) is 3.08. The Kier molecular flexibility index (Phi) is 2.51. The van der Waals surface area contributed by atoms with Crippen molar-refractivity contribution in [2.24, 2.45) is 0 Å². The van der Waals surface area contributed by atoms with Crippen molar-refractivity contribution in [1.29, 1.82) is 0 Å². The molecule has 1 saturated heterocycles. The average Bonchev–Trinajstić information content (AvgIpc) is 1.86. The van der Waals surface area contributed by atoms with Gasteiger partial charge in [-0.05, 0) is 6.92 Å². The van der Waals surface area contributed by atoms with Crippen molar-refractivity contribution < 1.29 is 8.42 Å². The molecular weight excluding hydrogens is 164 g/mol. The van der Waals surface area contributed by atoms with Gasteiger partial charge in [-0.3, -0.25) is 0 Å². The monoisotopic (exact) mass is 178 g/mol. The van der Waals surface area contributed by atoms with Crippen LogP contribution in [0.1, 0.15) is 6.92 Å². The highest BCUT2D eigenvalue weighted by Crippen LogP contribution is 2.06. The Morgan fingerprint density at radius 1 is 1.55 bits per heavy atom. The largest absolute Gasteiger partial charge is 0.314 e. The molecule has 0 amide bonds. The number of nitrogens with one attached hydrogen (secondary N) is 1. The number of sulfonamides is 1. The van der Waals surface area contributed by atoms with Gasteiger partial charge in [-0.1, -0.05) is 0 Å². The second-order valence-corrected chi connectivity index (χ2v) is 4.86. The van der Waals surface area contributed by atoms with Crippen LogP contribution >= 0.6 is 0 Å². The summed E-state index contributed by atoms with van der Waals surface area (Å²) in [7, 11) is -2.98. The molecule has 0 spiro atoms. The van der Waals surface area contributed by atoms with Gasteiger partial charge in [0.25, 0.3) is 0 Å². The molecule has 0 aromatic heterocycles. The summed E-state index contributed by atoms with van der Waals surface area (Å²) in [5.41, 5.74) is 0. The van der Waals surface area contributed by atoms with Gasteiger partial charge in [-0.15, -0.1) is 0 Å². The van der Waals surface area contributed by atoms with Crippen molar-refractivity contribution in [3.8, 4) is 0 Å². The van der Waals surface area contributed by atoms with E-state index in [1.807, 2.05) is 6.92 Å². The van der Waals surface area contributed by atoms with Crippen LogP contribution in [-0.4, -0.2) is 44.7 Å². The normalized spacial score (nSPS) is 28.7. The van der Waals surface area contributed by atoms with E-state index in [0.29, 0.717) is 6.54 Å². The molecule has 4 nitrogen and oxygen atoms in total. The van der Waals surface area contributed by atoms with E-state index in [9.17, 15) is 8.42 Å². The Morgan fingerprint density at radius 3 is 2.55 bits per heavy atom. The van der Waals surface area contributed by atoms with Crippen LogP contribution in [0.2, 0.25) is 0 Å². The van der Waals surface area contributed by atoms with Gasteiger partial charge in [-0.25, -0.2) is 8.42 Å². The van der Waals surface area contributed by atoms with Gasteiger partial charge in [0.15, 0.2) is 0 Å². The topological polar surface area (TPSA) is 49.4 Å². The van der Waals surface area contributed by atoms with Crippen molar-refractivity contribution >= 4 is 10.0 Å². The molecule has 1 fully saturated rings. The van der Waals surface area contributed by atoms with Crippen LogP contribution in [0.3, 0.4) is 0 Å². The van der Waals surface area contributed by atoms with Crippen LogP contribution in [-0.2, 0) is 10.0 Å². The van der Waals surface area contributed by atoms with E-state index >= 15 is 0 Å². The molecule has 0 aliphatic carbocycles. The standard InChI is InChI=1S/C6H14N2O2S/c1-6-5-7-3-4-8(6)11(2,9)10/h6-7H,3-5H2,1-2H3. The summed E-state index contributed by atoms with van der Waals surface area (Å²) in [4.78, 5) is 0. The molecule has 0 saturated carbocycles. The van der Waals surface area contributed by atoms with E-state index in [1.54, 1.807) is 0 Å². The van der Waals surface area contributed by atoms with E-state index < -0.39 is 10.0 Å². The number of rotatable bonds is 1. The minimum Gasteiger partial charge on any atom is -0.314 e. The third kappa shape index (κ3) is 2.15. The van der Waals surface area contributed by atoms with Gasteiger partial charge in [0.05, 0.1) is 6.26 Å². The molecule has 1 N–H and O–H groups in total. The zero-order valence-electron chi connectivity index (χ0n) is 6.87. The fourth-order valence-corrected chi connectivity index (χ4v) is 2.47. The molecule has 1 atom stereocenters. The Hall–Kier alpha value is -0.130. The first-order valence-corrected chi connectivity index (χ1v) is 5.54. The lowest BCUT2D eigenvalue weighted by Crippen LogP contribution is -2.51. The first-order chi connectivity index (χ1) is 5.02. The third-order valence-corrected chi connectivity index (χ3v) is 3.26. The van der Waals surface area contributed by atoms with Crippen molar-refractivity contribution in [3.05, 3.63) is 0 Å². The zero-order chi connectivity index (χ0) is 8.48. The molecule has 1 rings (SSSR count). The van der Waals surface area contributed by atoms with Crippen molar-refractivity contribution in [2.45, 2.75) is 13.0 Å². The number of hydrogen-bond donors (Lipinski definition) is 1. The first-order valence-electron chi connectivity index (χ1n) is 3.69. The van der Waals surface area contributed by atoms with E-state index in [0.717, 1.165) is 13.1 Å². The molecule has 5 heteroatoms. The number of nitrogens with zero attached hydrogens (tertiary/aromatic N) is 1. The first kappa shape index (κ1) is 8.96. The smallest absolute Gasteiger partial charge is 0.211 e. The summed E-state index contributed by atoms with van der Waals surface area (Å²) in [5.74, 6) is 0. The summed E-state index contributed by atoms with van der Waals surface area (Å²) < 4.78 is 23.7. The van der Waals surface area contributed by atoms with Gasteiger partial charge in [0.1, 0.15) is 0 Å². The molecule has 11 heavy (non-hydrogen) atoms. The van der Waals surface area contributed by atoms with Crippen LogP contribution in [0.4, 0.5) is 0 Å². The fourth-order valence-electron chi connectivity index (χ4n) is 1.32. The molecule has 66 valence electrons. The predicted octanol–water partition coefficient (Wildman–Crippen LogP) is -0.760. The van der Waals surface area contributed by atoms with Crippen molar-refractivity contribution in [3.63, 3.8) is 0 Å². The summed E-state index contributed by atoms with van der Waals surface area (Å²) in [5, 5.41) is 3.13. The lowest BCUT2D eigenvalue weighted by atomic mass is 10.3. The summed E-state index contributed by atoms with van der Waals surface area (Å²) in [6.07, 6.45) is 1.26. The second-order valence-electron chi connectivity index (χ2n) is 2.93. The molecule has 1 aliphatic rings.